The van der Waals surface area contributed by atoms with Crippen LogP contribution < -0.4 is 11.3 Å². The molecule has 1 saturated carbocycles. The van der Waals surface area contributed by atoms with Gasteiger partial charge in [-0.1, -0.05) is 26.8 Å². The summed E-state index contributed by atoms with van der Waals surface area (Å²) in [6.07, 6.45) is 5.63. The largest absolute Gasteiger partial charge is 0.373 e. The second kappa shape index (κ2) is 5.88. The third kappa shape index (κ3) is 3.91. The van der Waals surface area contributed by atoms with Crippen LogP contribution in [-0.4, -0.2) is 11.1 Å². The standard InChI is InChI=1S/C15H25N3O/c1-11-7-13(9-15(2,3)8-11)19-10-12-5-4-6-17-14(12)18-16/h4-6,11,13H,7-10,16H2,1-3H3,(H,17,18). The predicted molar refractivity (Wildman–Crippen MR) is 77.4 cm³/mol. The summed E-state index contributed by atoms with van der Waals surface area (Å²) in [4.78, 5) is 4.19. The molecule has 0 amide bonds. The van der Waals surface area contributed by atoms with E-state index in [-0.39, 0.29) is 0 Å². The number of anilines is 1. The van der Waals surface area contributed by atoms with Crippen LogP contribution in [0.2, 0.25) is 0 Å². The predicted octanol–water partition coefficient (Wildman–Crippen LogP) is 3.10. The first-order chi connectivity index (χ1) is 9.00. The third-order valence-corrected chi connectivity index (χ3v) is 3.85. The molecular formula is C15H25N3O. The molecule has 0 aromatic carbocycles. The summed E-state index contributed by atoms with van der Waals surface area (Å²) in [6, 6.07) is 3.91. The smallest absolute Gasteiger partial charge is 0.145 e. The zero-order chi connectivity index (χ0) is 13.9. The number of hydrogen-bond acceptors (Lipinski definition) is 4. The van der Waals surface area contributed by atoms with E-state index in [1.54, 1.807) is 6.20 Å². The monoisotopic (exact) mass is 263 g/mol. The summed E-state index contributed by atoms with van der Waals surface area (Å²) in [5.74, 6) is 6.89. The van der Waals surface area contributed by atoms with Crippen molar-refractivity contribution in [1.29, 1.82) is 0 Å². The van der Waals surface area contributed by atoms with Crippen LogP contribution in [0.4, 0.5) is 5.82 Å². The summed E-state index contributed by atoms with van der Waals surface area (Å²) in [5.41, 5.74) is 4.01. The van der Waals surface area contributed by atoms with Crippen molar-refractivity contribution in [3.8, 4) is 0 Å². The highest BCUT2D eigenvalue weighted by molar-refractivity contribution is 5.41. The van der Waals surface area contributed by atoms with Crippen molar-refractivity contribution in [3.05, 3.63) is 23.9 Å². The van der Waals surface area contributed by atoms with Crippen molar-refractivity contribution in [3.63, 3.8) is 0 Å². The molecule has 1 fully saturated rings. The maximum atomic E-state index is 6.08. The van der Waals surface area contributed by atoms with Crippen LogP contribution >= 0.6 is 0 Å². The van der Waals surface area contributed by atoms with Gasteiger partial charge in [-0.05, 0) is 36.7 Å². The van der Waals surface area contributed by atoms with E-state index < -0.39 is 0 Å². The van der Waals surface area contributed by atoms with Gasteiger partial charge in [0, 0.05) is 11.8 Å². The van der Waals surface area contributed by atoms with Gasteiger partial charge in [0.1, 0.15) is 5.82 Å². The molecule has 0 spiro atoms. The maximum Gasteiger partial charge on any atom is 0.145 e. The Hall–Kier alpha value is -1.13. The lowest BCUT2D eigenvalue weighted by Crippen LogP contribution is -2.32. The molecule has 0 saturated heterocycles. The number of hydrogen-bond donors (Lipinski definition) is 2. The Balaban J connectivity index is 1.95. The van der Waals surface area contributed by atoms with Gasteiger partial charge in [-0.25, -0.2) is 10.8 Å². The van der Waals surface area contributed by atoms with Crippen molar-refractivity contribution in [2.24, 2.45) is 17.2 Å². The van der Waals surface area contributed by atoms with E-state index in [9.17, 15) is 0 Å². The molecule has 1 aliphatic carbocycles. The third-order valence-electron chi connectivity index (χ3n) is 3.85. The molecule has 4 nitrogen and oxygen atoms in total. The van der Waals surface area contributed by atoms with Gasteiger partial charge in [0.05, 0.1) is 12.7 Å². The van der Waals surface area contributed by atoms with E-state index in [1.807, 2.05) is 12.1 Å². The maximum absolute atomic E-state index is 6.08. The van der Waals surface area contributed by atoms with E-state index in [0.717, 1.165) is 24.3 Å². The summed E-state index contributed by atoms with van der Waals surface area (Å²) < 4.78 is 6.08. The van der Waals surface area contributed by atoms with Crippen molar-refractivity contribution >= 4 is 5.82 Å². The quantitative estimate of drug-likeness (QED) is 0.647. The van der Waals surface area contributed by atoms with E-state index in [2.05, 4.69) is 31.2 Å². The van der Waals surface area contributed by atoms with Crippen molar-refractivity contribution in [1.82, 2.24) is 4.98 Å². The van der Waals surface area contributed by atoms with E-state index in [0.29, 0.717) is 23.9 Å². The summed E-state index contributed by atoms with van der Waals surface area (Å²) in [6.45, 7) is 7.54. The van der Waals surface area contributed by atoms with Gasteiger partial charge in [0.2, 0.25) is 0 Å². The summed E-state index contributed by atoms with van der Waals surface area (Å²) in [7, 11) is 0. The number of pyridine rings is 1. The molecule has 1 aliphatic rings. The highest BCUT2D eigenvalue weighted by Gasteiger charge is 2.32. The Bertz CT molecular complexity index is 420. The van der Waals surface area contributed by atoms with Crippen molar-refractivity contribution in [2.75, 3.05) is 5.43 Å². The molecule has 1 aromatic rings. The van der Waals surface area contributed by atoms with Crippen LogP contribution in [0.3, 0.4) is 0 Å². The van der Waals surface area contributed by atoms with Gasteiger partial charge in [-0.2, -0.15) is 0 Å². The van der Waals surface area contributed by atoms with Gasteiger partial charge in [-0.3, -0.25) is 0 Å². The first-order valence-electron chi connectivity index (χ1n) is 7.02. The average molecular weight is 263 g/mol. The van der Waals surface area contributed by atoms with Gasteiger partial charge >= 0.3 is 0 Å². The van der Waals surface area contributed by atoms with E-state index >= 15 is 0 Å². The first kappa shape index (κ1) is 14.3. The lowest BCUT2D eigenvalue weighted by atomic mass is 9.71. The number of nitrogens with zero attached hydrogens (tertiary/aromatic N) is 1. The minimum absolute atomic E-state index is 0.338. The normalized spacial score (nSPS) is 26.1. The fraction of sp³-hybridized carbons (Fsp3) is 0.667. The van der Waals surface area contributed by atoms with Crippen molar-refractivity contribution in [2.45, 2.75) is 52.7 Å². The minimum atomic E-state index is 0.338. The fourth-order valence-electron chi connectivity index (χ4n) is 3.28. The Morgan fingerprint density at radius 1 is 1.47 bits per heavy atom. The number of aromatic nitrogens is 1. The van der Waals surface area contributed by atoms with Crippen molar-refractivity contribution < 1.29 is 4.74 Å². The Kier molecular flexibility index (Phi) is 4.42. The van der Waals surface area contributed by atoms with E-state index in [4.69, 9.17) is 10.6 Å². The molecular weight excluding hydrogens is 238 g/mol. The Labute approximate surface area is 115 Å². The Morgan fingerprint density at radius 2 is 2.26 bits per heavy atom. The molecule has 106 valence electrons. The summed E-state index contributed by atoms with van der Waals surface area (Å²) >= 11 is 0. The second-order valence-corrected chi connectivity index (χ2v) is 6.50. The zero-order valence-corrected chi connectivity index (χ0v) is 12.1. The van der Waals surface area contributed by atoms with Crippen LogP contribution in [0.25, 0.3) is 0 Å². The van der Waals surface area contributed by atoms with Gasteiger partial charge in [0.25, 0.3) is 0 Å². The number of rotatable bonds is 4. The lowest BCUT2D eigenvalue weighted by Gasteiger charge is -2.38. The average Bonchev–Trinajstić information content (AvgIpc) is 2.34. The highest BCUT2D eigenvalue weighted by atomic mass is 16.5. The van der Waals surface area contributed by atoms with Crippen LogP contribution in [0.1, 0.15) is 45.6 Å². The molecule has 1 heterocycles. The first-order valence-corrected chi connectivity index (χ1v) is 7.02. The fourth-order valence-corrected chi connectivity index (χ4v) is 3.28. The van der Waals surface area contributed by atoms with Gasteiger partial charge in [0.15, 0.2) is 0 Å². The molecule has 4 heteroatoms. The molecule has 3 N–H and O–H groups in total. The van der Waals surface area contributed by atoms with Crippen LogP contribution in [0, 0.1) is 11.3 Å². The number of ether oxygens (including phenoxy) is 1. The number of hydrazine groups is 1. The summed E-state index contributed by atoms with van der Waals surface area (Å²) in [5, 5.41) is 0. The zero-order valence-electron chi connectivity index (χ0n) is 12.1. The van der Waals surface area contributed by atoms with Crippen LogP contribution in [-0.2, 0) is 11.3 Å². The number of nitrogens with one attached hydrogen (secondary N) is 1. The molecule has 19 heavy (non-hydrogen) atoms. The molecule has 2 unspecified atom stereocenters. The topological polar surface area (TPSA) is 60.2 Å². The van der Waals surface area contributed by atoms with Crippen LogP contribution in [0.5, 0.6) is 0 Å². The molecule has 0 aliphatic heterocycles. The van der Waals surface area contributed by atoms with Crippen LogP contribution in [0.15, 0.2) is 18.3 Å². The molecule has 1 aromatic heterocycles. The lowest BCUT2D eigenvalue weighted by molar-refractivity contribution is -0.0315. The van der Waals surface area contributed by atoms with Gasteiger partial charge < -0.3 is 10.2 Å². The van der Waals surface area contributed by atoms with Gasteiger partial charge in [-0.15, -0.1) is 0 Å². The highest BCUT2D eigenvalue weighted by Crippen LogP contribution is 2.39. The SMILES string of the molecule is CC1CC(OCc2cccnc2NN)CC(C)(C)C1. The number of nitrogens with two attached hydrogens (primary N) is 1. The molecule has 2 atom stereocenters. The van der Waals surface area contributed by atoms with E-state index in [1.165, 1.54) is 6.42 Å². The molecule has 0 radical (unpaired) electrons. The Morgan fingerprint density at radius 3 is 2.95 bits per heavy atom. The second-order valence-electron chi connectivity index (χ2n) is 6.50. The molecule has 0 bridgehead atoms. The molecule has 2 rings (SSSR count). The number of nitrogen functional groups attached to an aromatic ring is 1. The minimum Gasteiger partial charge on any atom is -0.373 e.